The number of allylic oxidation sites excluding steroid dienone is 2. The summed E-state index contributed by atoms with van der Waals surface area (Å²) < 4.78 is 83.5. The van der Waals surface area contributed by atoms with Crippen molar-refractivity contribution in [1.82, 2.24) is 5.32 Å². The summed E-state index contributed by atoms with van der Waals surface area (Å²) in [7, 11) is 0. The van der Waals surface area contributed by atoms with Crippen molar-refractivity contribution in [2.24, 2.45) is 50.2 Å². The number of aliphatic hydroxyl groups is 20. The molecule has 12 rings (SSSR count). The molecule has 7 saturated heterocycles. The molecule has 0 bridgehead atoms. The van der Waals surface area contributed by atoms with Gasteiger partial charge >= 0.3 is 11.9 Å². The normalized spacial score (nSPS) is 53.0. The number of amides is 1. The Balaban J connectivity index is 0.821. The van der Waals surface area contributed by atoms with Gasteiger partial charge in [0.15, 0.2) is 49.9 Å². The second-order valence-electron chi connectivity index (χ2n) is 34.1. The highest BCUT2D eigenvalue weighted by Gasteiger charge is 2.73. The number of carbonyl (C=O) groups excluding carboxylic acids is 2. The molecule has 110 heavy (non-hydrogen) atoms. The molecule has 39 heteroatoms. The van der Waals surface area contributed by atoms with Crippen LogP contribution >= 0.6 is 0 Å². The monoisotopic (exact) mass is 1590 g/mol. The molecule has 0 aromatic heterocycles. The summed E-state index contributed by atoms with van der Waals surface area (Å²) in [6.45, 7) is 8.47. The first-order valence-electron chi connectivity index (χ1n) is 37.9. The Labute approximate surface area is 632 Å². The van der Waals surface area contributed by atoms with Gasteiger partial charge < -0.3 is 179 Å². The third-order valence-electron chi connectivity index (χ3n) is 27.2. The molecule has 630 valence electrons. The maximum atomic E-state index is 16.0. The van der Waals surface area contributed by atoms with Crippen LogP contribution in [0.4, 0.5) is 0 Å². The predicted molar refractivity (Wildman–Crippen MR) is 358 cm³/mol. The minimum absolute atomic E-state index is 0.0194. The van der Waals surface area contributed by atoms with Crippen LogP contribution in [-0.4, -0.2) is 380 Å². The van der Waals surface area contributed by atoms with Crippen molar-refractivity contribution >= 4 is 17.8 Å². The highest BCUT2D eigenvalue weighted by molar-refractivity contribution is 5.80. The molecule has 12 aliphatic rings. The van der Waals surface area contributed by atoms with Crippen molar-refractivity contribution in [3.63, 3.8) is 0 Å². The number of carbonyl (C=O) groups is 3. The zero-order valence-electron chi connectivity index (χ0n) is 62.1. The zero-order chi connectivity index (χ0) is 80.3. The molecule has 19 unspecified atom stereocenters. The van der Waals surface area contributed by atoms with Crippen LogP contribution in [0.3, 0.4) is 0 Å². The van der Waals surface area contributed by atoms with Crippen LogP contribution in [0.5, 0.6) is 0 Å². The van der Waals surface area contributed by atoms with Crippen LogP contribution in [0.2, 0.25) is 0 Å². The first kappa shape index (κ1) is 86.2. The Bertz CT molecular complexity index is 3220. The summed E-state index contributed by atoms with van der Waals surface area (Å²) in [6, 6.07) is -1.70. The van der Waals surface area contributed by atoms with E-state index in [1.807, 2.05) is 13.8 Å². The number of esters is 1. The van der Waals surface area contributed by atoms with Gasteiger partial charge in [0.25, 0.3) is 0 Å². The fourth-order valence-electron chi connectivity index (χ4n) is 20.5. The summed E-state index contributed by atoms with van der Waals surface area (Å²) in [5.74, 6) is -5.21. The maximum absolute atomic E-state index is 16.0. The van der Waals surface area contributed by atoms with E-state index in [2.05, 4.69) is 32.2 Å². The second-order valence-corrected chi connectivity index (χ2v) is 34.1. The molecule has 0 aromatic carbocycles. The van der Waals surface area contributed by atoms with Crippen molar-refractivity contribution < 1.29 is 188 Å². The van der Waals surface area contributed by atoms with Gasteiger partial charge in [-0.2, -0.15) is 0 Å². The van der Waals surface area contributed by atoms with E-state index in [4.69, 9.17) is 66.3 Å². The van der Waals surface area contributed by atoms with E-state index in [-0.39, 0.29) is 25.2 Å². The smallest absolute Gasteiger partial charge is 0.335 e. The summed E-state index contributed by atoms with van der Waals surface area (Å²) in [4.78, 5) is 42.8. The van der Waals surface area contributed by atoms with Crippen LogP contribution < -0.4 is 5.32 Å². The van der Waals surface area contributed by atoms with Crippen molar-refractivity contribution in [3.8, 4) is 0 Å². The van der Waals surface area contributed by atoms with Crippen molar-refractivity contribution in [3.05, 3.63) is 11.6 Å². The Morgan fingerprint density at radius 1 is 0.509 bits per heavy atom. The zero-order valence-corrected chi connectivity index (χ0v) is 62.1. The molecule has 22 N–H and O–H groups in total. The SMILES string of the molecule is CC1O[C@@H](OC2C(O)[C@@H](NC(=O)CO[C@@H]3O[C@H](CO)C(O)C3O)C(CO)O[C@H]2OC(=O)[C@]23CCC(C)(C)CC2C2=CCC4C5(C)CC[C@H](O[C@@H]6OC(C(=O)O)[C@H](O)[C@H](O[C@@H]7OC[C@H](O)[C@H](O)C7O)C6O[C@@H]6OC(CO)[C@H](O)[C@H](O)C6O)[C@](C)(CO)[C@@H]5CC[C@]4(C)[C@]2(C)CC3O)C(O)C(O)[C@H]1O[C@@H]1OC[C@H](O)C(O)C1O. The quantitative estimate of drug-likeness (QED) is 0.0288. The molecule has 4 saturated carbocycles. The fourth-order valence-corrected chi connectivity index (χ4v) is 20.5. The number of carboxylic acids is 1. The first-order valence-corrected chi connectivity index (χ1v) is 37.9. The molecule has 0 spiro atoms. The van der Waals surface area contributed by atoms with E-state index < -0.39 is 317 Å². The van der Waals surface area contributed by atoms with E-state index >= 15 is 4.79 Å². The summed E-state index contributed by atoms with van der Waals surface area (Å²) in [6.07, 6.45) is -54.7. The van der Waals surface area contributed by atoms with Gasteiger partial charge in [0, 0.05) is 5.41 Å². The van der Waals surface area contributed by atoms with Gasteiger partial charge in [-0.3, -0.25) is 9.59 Å². The van der Waals surface area contributed by atoms with Crippen LogP contribution in [0, 0.1) is 50.2 Å². The number of nitrogens with one attached hydrogen (secondary N) is 1. The average molecular weight is 1590 g/mol. The van der Waals surface area contributed by atoms with E-state index in [0.717, 1.165) is 5.57 Å². The third kappa shape index (κ3) is 15.1. The van der Waals surface area contributed by atoms with E-state index in [0.29, 0.717) is 38.5 Å². The minimum atomic E-state index is -2.23. The van der Waals surface area contributed by atoms with Crippen LogP contribution in [0.15, 0.2) is 11.6 Å². The van der Waals surface area contributed by atoms with Crippen molar-refractivity contribution in [1.29, 1.82) is 0 Å². The molecule has 0 aromatic rings. The standard InChI is InChI=1S/C71H113NO38/c1-25-52(105-59-46(88)39(81)28(77)21-97-59)45(87)50(92)61(100-25)108-55-43(85)38(72-37(80)23-99-58-48(90)42(84)32(20-75)102-58)30(18-73)101-63(55)110-65(96)71-15-14-66(2,3)16-27(71)26-8-9-34-67(4)12-11-36(68(5,24-76)33(67)10-13-69(34,6)70(26,7)17-35(71)79)104-64-56(109-62-49(91)44(86)41(83)31(19-74)103-62)53(51(93)54(107-64)57(94)95)106-60-47(89)40(82)29(78)22-98-60/h8,25,27-36,38-56,58-64,73-79,81-93H,9-24H2,1-7H3,(H,72,80)(H,94,95)/t25?,27?,28-,29-,30?,31?,32+,33+,34?,35?,36-,38-,39?,40-,41-,42?,43?,44-,45?,46?,47?,48?,49?,50?,51+,52-,53-,54?,55?,56?,58+,59-,60-,61-,62-,63-,64+,67?,68+,69-,70+,71+/m0/s1. The largest absolute Gasteiger partial charge is 0.479 e. The number of ether oxygens (including phenoxy) is 14. The third-order valence-corrected chi connectivity index (χ3v) is 27.2. The molecule has 11 fully saturated rings. The van der Waals surface area contributed by atoms with Gasteiger partial charge in [0.2, 0.25) is 12.2 Å². The number of aliphatic hydroxyl groups excluding tert-OH is 20. The summed E-state index contributed by atoms with van der Waals surface area (Å²) >= 11 is 0. The number of hydrogen-bond acceptors (Lipinski definition) is 37. The van der Waals surface area contributed by atoms with Gasteiger partial charge in [-0.15, -0.1) is 0 Å². The molecule has 39 nitrogen and oxygen atoms in total. The lowest BCUT2D eigenvalue weighted by Crippen LogP contribution is -2.70. The van der Waals surface area contributed by atoms with E-state index in [1.54, 1.807) is 6.92 Å². The lowest BCUT2D eigenvalue weighted by atomic mass is 9.33. The fraction of sp³-hybridized carbons (Fsp3) is 0.930. The number of fused-ring (bicyclic) bond motifs is 7. The molecule has 1 amide bonds. The van der Waals surface area contributed by atoms with Crippen molar-refractivity contribution in [2.45, 2.75) is 315 Å². The Kier molecular flexibility index (Phi) is 25.8. The van der Waals surface area contributed by atoms with Crippen LogP contribution in [0.1, 0.15) is 106 Å². The first-order chi connectivity index (χ1) is 51.7. The van der Waals surface area contributed by atoms with Crippen LogP contribution in [0.25, 0.3) is 0 Å². The van der Waals surface area contributed by atoms with E-state index in [9.17, 15) is 117 Å². The van der Waals surface area contributed by atoms with Gasteiger partial charge in [-0.1, -0.05) is 53.2 Å². The molecular formula is C71H113NO38. The Hall–Kier alpha value is -3.17. The summed E-state index contributed by atoms with van der Waals surface area (Å²) in [5.41, 5.74) is -4.92. The molecule has 7 heterocycles. The van der Waals surface area contributed by atoms with Gasteiger partial charge in [-0.05, 0) is 104 Å². The summed E-state index contributed by atoms with van der Waals surface area (Å²) in [5, 5.41) is 234. The number of carboxylic acid groups (broad SMARTS) is 1. The molecule has 0 radical (unpaired) electrons. The number of hydrogen-bond donors (Lipinski definition) is 22. The molecule has 7 aliphatic heterocycles. The average Bonchev–Trinajstić information content (AvgIpc) is 0.707. The van der Waals surface area contributed by atoms with Crippen LogP contribution in [-0.2, 0) is 80.7 Å². The minimum Gasteiger partial charge on any atom is -0.479 e. The highest BCUT2D eigenvalue weighted by Crippen LogP contribution is 2.76. The van der Waals surface area contributed by atoms with Gasteiger partial charge in [-0.25, -0.2) is 4.79 Å². The second kappa shape index (κ2) is 33.0. The highest BCUT2D eigenvalue weighted by atomic mass is 16.8. The van der Waals surface area contributed by atoms with Gasteiger partial charge in [0.1, 0.15) is 140 Å². The van der Waals surface area contributed by atoms with Gasteiger partial charge in [0.05, 0.1) is 64.0 Å². The van der Waals surface area contributed by atoms with Crippen molar-refractivity contribution in [2.75, 3.05) is 46.2 Å². The van der Waals surface area contributed by atoms with E-state index in [1.165, 1.54) is 6.92 Å². The predicted octanol–water partition coefficient (Wildman–Crippen LogP) is -8.47. The maximum Gasteiger partial charge on any atom is 0.335 e. The molecular weight excluding hydrogens is 1470 g/mol. The number of aliphatic carboxylic acids is 1. The molecule has 5 aliphatic carbocycles. The Morgan fingerprint density at radius 3 is 1.66 bits per heavy atom. The molecule has 42 atom stereocenters. The Morgan fingerprint density at radius 2 is 1.05 bits per heavy atom. The lowest BCUT2D eigenvalue weighted by Gasteiger charge is -2.72. The lowest BCUT2D eigenvalue weighted by molar-refractivity contribution is -0.393. The topological polar surface area (TPSA) is 617 Å². The number of rotatable bonds is 21.